The van der Waals surface area contributed by atoms with Gasteiger partial charge >= 0.3 is 0 Å². The van der Waals surface area contributed by atoms with Gasteiger partial charge in [0.15, 0.2) is 0 Å². The molecule has 0 radical (unpaired) electrons. The lowest BCUT2D eigenvalue weighted by molar-refractivity contribution is -0.138. The number of amides is 2. The molecule has 0 spiro atoms. The first kappa shape index (κ1) is 25.9. The number of thioether (sulfide) groups is 1. The van der Waals surface area contributed by atoms with Crippen molar-refractivity contribution >= 4 is 58.4 Å². The molecule has 0 aromatic heterocycles. The number of nitrogens with one attached hydrogen (secondary N) is 1. The van der Waals surface area contributed by atoms with E-state index in [2.05, 4.69) is 5.32 Å². The molecule has 0 heterocycles. The number of nitrogens with zero attached hydrogens (tertiary/aromatic N) is 1. The molecule has 4 nitrogen and oxygen atoms in total. The number of carbonyl (C=O) groups excluding carboxylic acids is 2. The molecule has 2 aromatic carbocycles. The molecular formula is C23H27Cl3N2O2S. The van der Waals surface area contributed by atoms with Crippen LogP contribution in [0.3, 0.4) is 0 Å². The van der Waals surface area contributed by atoms with E-state index in [9.17, 15) is 9.59 Å². The minimum Gasteiger partial charge on any atom is -0.352 e. The highest BCUT2D eigenvalue weighted by atomic mass is 35.5. The smallest absolute Gasteiger partial charge is 0.242 e. The molecule has 0 saturated carbocycles. The van der Waals surface area contributed by atoms with Gasteiger partial charge < -0.3 is 10.2 Å². The minimum absolute atomic E-state index is 0.0362. The monoisotopic (exact) mass is 500 g/mol. The van der Waals surface area contributed by atoms with Gasteiger partial charge in [-0.25, -0.2) is 0 Å². The van der Waals surface area contributed by atoms with E-state index in [-0.39, 0.29) is 30.2 Å². The molecule has 0 fully saturated rings. The maximum atomic E-state index is 13.1. The van der Waals surface area contributed by atoms with E-state index >= 15 is 0 Å². The van der Waals surface area contributed by atoms with Gasteiger partial charge in [0.2, 0.25) is 11.8 Å². The minimum atomic E-state index is -0.622. The highest BCUT2D eigenvalue weighted by molar-refractivity contribution is 7.99. The molecule has 0 unspecified atom stereocenters. The third-order valence-corrected chi connectivity index (χ3v) is 6.85. The Morgan fingerprint density at radius 2 is 1.77 bits per heavy atom. The highest BCUT2D eigenvalue weighted by Crippen LogP contribution is 2.24. The van der Waals surface area contributed by atoms with Crippen molar-refractivity contribution in [3.8, 4) is 0 Å². The van der Waals surface area contributed by atoms with Gasteiger partial charge in [-0.2, -0.15) is 0 Å². The molecule has 31 heavy (non-hydrogen) atoms. The first-order chi connectivity index (χ1) is 14.7. The summed E-state index contributed by atoms with van der Waals surface area (Å²) in [5.41, 5.74) is 1.86. The summed E-state index contributed by atoms with van der Waals surface area (Å²) in [6, 6.07) is 12.2. The first-order valence-corrected chi connectivity index (χ1v) is 12.4. The van der Waals surface area contributed by atoms with Gasteiger partial charge in [-0.1, -0.05) is 59.9 Å². The summed E-state index contributed by atoms with van der Waals surface area (Å²) in [4.78, 5) is 27.4. The molecule has 0 saturated heterocycles. The normalized spacial score (nSPS) is 12.8. The molecule has 0 aliphatic rings. The SMILES string of the molecule is CC[C@H](C)NC(=O)[C@@H](C)N(Cc1ccc(Cl)c(Cl)c1)C(=O)CSCc1cccc(Cl)c1. The van der Waals surface area contributed by atoms with Crippen molar-refractivity contribution in [3.05, 3.63) is 68.7 Å². The van der Waals surface area contributed by atoms with Crippen LogP contribution in [-0.2, 0) is 21.9 Å². The molecule has 168 valence electrons. The fourth-order valence-electron chi connectivity index (χ4n) is 2.85. The van der Waals surface area contributed by atoms with Gasteiger partial charge in [0.1, 0.15) is 6.04 Å². The lowest BCUT2D eigenvalue weighted by atomic mass is 10.1. The van der Waals surface area contributed by atoms with Crippen LogP contribution in [0.25, 0.3) is 0 Å². The van der Waals surface area contributed by atoms with Crippen molar-refractivity contribution in [2.75, 3.05) is 5.75 Å². The van der Waals surface area contributed by atoms with Crippen LogP contribution in [0.2, 0.25) is 15.1 Å². The fraction of sp³-hybridized carbons (Fsp3) is 0.391. The zero-order valence-electron chi connectivity index (χ0n) is 17.8. The number of halogens is 3. The lowest BCUT2D eigenvalue weighted by Crippen LogP contribution is -2.50. The van der Waals surface area contributed by atoms with Crippen LogP contribution in [0, 0.1) is 0 Å². The summed E-state index contributed by atoms with van der Waals surface area (Å²) >= 11 is 19.7. The molecule has 0 aliphatic carbocycles. The van der Waals surface area contributed by atoms with Gasteiger partial charge in [-0.3, -0.25) is 9.59 Å². The van der Waals surface area contributed by atoms with E-state index in [1.54, 1.807) is 24.0 Å². The molecule has 2 aromatic rings. The van der Waals surface area contributed by atoms with Crippen molar-refractivity contribution in [1.82, 2.24) is 10.2 Å². The van der Waals surface area contributed by atoms with Gasteiger partial charge in [-0.05, 0) is 55.7 Å². The summed E-state index contributed by atoms with van der Waals surface area (Å²) in [5.74, 6) is 0.599. The Morgan fingerprint density at radius 3 is 2.42 bits per heavy atom. The predicted molar refractivity (Wildman–Crippen MR) is 132 cm³/mol. The second-order valence-corrected chi connectivity index (χ2v) is 9.62. The van der Waals surface area contributed by atoms with E-state index in [1.807, 2.05) is 44.2 Å². The molecular weight excluding hydrogens is 475 g/mol. The number of benzene rings is 2. The zero-order valence-corrected chi connectivity index (χ0v) is 20.9. The Morgan fingerprint density at radius 1 is 1.03 bits per heavy atom. The van der Waals surface area contributed by atoms with Crippen molar-refractivity contribution < 1.29 is 9.59 Å². The van der Waals surface area contributed by atoms with E-state index in [4.69, 9.17) is 34.8 Å². The van der Waals surface area contributed by atoms with Crippen LogP contribution < -0.4 is 5.32 Å². The Hall–Kier alpha value is -1.40. The average molecular weight is 502 g/mol. The zero-order chi connectivity index (χ0) is 23.0. The number of hydrogen-bond donors (Lipinski definition) is 1. The van der Waals surface area contributed by atoms with E-state index in [0.717, 1.165) is 17.5 Å². The largest absolute Gasteiger partial charge is 0.352 e. The predicted octanol–water partition coefficient (Wildman–Crippen LogP) is 6.21. The third-order valence-electron chi connectivity index (χ3n) is 4.89. The molecule has 1 N–H and O–H groups in total. The average Bonchev–Trinajstić information content (AvgIpc) is 2.73. The standard InChI is InChI=1S/C23H27Cl3N2O2S/c1-4-15(2)27-23(30)16(3)28(12-17-8-9-20(25)21(26)11-17)22(29)14-31-13-18-6-5-7-19(24)10-18/h5-11,15-16H,4,12-14H2,1-3H3,(H,27,30)/t15-,16+/m0/s1. The molecule has 2 rings (SSSR count). The Bertz CT molecular complexity index is 910. The molecule has 0 bridgehead atoms. The van der Waals surface area contributed by atoms with Crippen LogP contribution in [0.15, 0.2) is 42.5 Å². The van der Waals surface area contributed by atoms with E-state index in [0.29, 0.717) is 20.8 Å². The van der Waals surface area contributed by atoms with Crippen molar-refractivity contribution in [2.24, 2.45) is 0 Å². The Kier molecular flexibility index (Phi) is 10.5. The Labute approximate surface area is 203 Å². The summed E-state index contributed by atoms with van der Waals surface area (Å²) in [6.45, 7) is 5.95. The van der Waals surface area contributed by atoms with E-state index in [1.165, 1.54) is 11.8 Å². The second kappa shape index (κ2) is 12.6. The maximum Gasteiger partial charge on any atom is 0.242 e. The summed E-state index contributed by atoms with van der Waals surface area (Å²) in [7, 11) is 0. The number of rotatable bonds is 10. The van der Waals surface area contributed by atoms with Gasteiger partial charge in [-0.15, -0.1) is 11.8 Å². The van der Waals surface area contributed by atoms with Crippen LogP contribution in [-0.4, -0.2) is 34.6 Å². The fourth-order valence-corrected chi connectivity index (χ4v) is 4.24. The van der Waals surface area contributed by atoms with Crippen LogP contribution in [0.1, 0.15) is 38.3 Å². The number of carbonyl (C=O) groups is 2. The molecule has 2 atom stereocenters. The summed E-state index contributed by atoms with van der Waals surface area (Å²) in [6.07, 6.45) is 0.814. The lowest BCUT2D eigenvalue weighted by Gasteiger charge is -2.29. The van der Waals surface area contributed by atoms with Gasteiger partial charge in [0.05, 0.1) is 15.8 Å². The van der Waals surface area contributed by atoms with Crippen LogP contribution in [0.4, 0.5) is 0 Å². The summed E-state index contributed by atoms with van der Waals surface area (Å²) in [5, 5.41) is 4.49. The van der Waals surface area contributed by atoms with Crippen LogP contribution in [0.5, 0.6) is 0 Å². The van der Waals surface area contributed by atoms with Crippen molar-refractivity contribution in [2.45, 2.75) is 51.6 Å². The highest BCUT2D eigenvalue weighted by Gasteiger charge is 2.26. The maximum absolute atomic E-state index is 13.1. The number of hydrogen-bond acceptors (Lipinski definition) is 3. The topological polar surface area (TPSA) is 49.4 Å². The molecule has 0 aliphatic heterocycles. The van der Waals surface area contributed by atoms with Crippen molar-refractivity contribution in [1.29, 1.82) is 0 Å². The van der Waals surface area contributed by atoms with Crippen molar-refractivity contribution in [3.63, 3.8) is 0 Å². The quantitative estimate of drug-likeness (QED) is 0.421. The molecule has 2 amide bonds. The third kappa shape index (κ3) is 8.23. The van der Waals surface area contributed by atoms with Gasteiger partial charge in [0.25, 0.3) is 0 Å². The molecule has 8 heteroatoms. The van der Waals surface area contributed by atoms with Crippen LogP contribution >= 0.6 is 46.6 Å². The van der Waals surface area contributed by atoms with E-state index < -0.39 is 6.04 Å². The summed E-state index contributed by atoms with van der Waals surface area (Å²) < 4.78 is 0. The first-order valence-electron chi connectivity index (χ1n) is 10.1. The second-order valence-electron chi connectivity index (χ2n) is 7.39. The Balaban J connectivity index is 2.11. The van der Waals surface area contributed by atoms with Gasteiger partial charge in [0, 0.05) is 23.4 Å².